The minimum atomic E-state index is -1.42. The molecule has 0 aliphatic heterocycles. The predicted molar refractivity (Wildman–Crippen MR) is 51.9 cm³/mol. The number of nitrogen functional groups attached to an aromatic ring is 1. The predicted octanol–water partition coefficient (Wildman–Crippen LogP) is 0.626. The maximum Gasteiger partial charge on any atom is 0.129 e. The van der Waals surface area contributed by atoms with Crippen molar-refractivity contribution in [1.82, 2.24) is 0 Å². The lowest BCUT2D eigenvalue weighted by molar-refractivity contribution is 0.630. The Bertz CT molecular complexity index is 270. The number of hydrogen-bond acceptors (Lipinski definition) is 3. The summed E-state index contributed by atoms with van der Waals surface area (Å²) >= 11 is -1.42. The molecule has 0 fully saturated rings. The smallest absolute Gasteiger partial charge is 0.129 e. The summed E-state index contributed by atoms with van der Waals surface area (Å²) in [6.45, 7) is 2.10. The molecule has 68 valence electrons. The summed E-state index contributed by atoms with van der Waals surface area (Å²) in [7, 11) is 0. The molecule has 0 radical (unpaired) electrons. The molecule has 1 rings (SSSR count). The Balaban J connectivity index is 0.000000354. The molecule has 1 aromatic rings. The summed E-state index contributed by atoms with van der Waals surface area (Å²) < 4.78 is 16.8. The van der Waals surface area contributed by atoms with Crippen LogP contribution >= 0.6 is 0 Å². The highest BCUT2D eigenvalue weighted by Crippen LogP contribution is 2.09. The van der Waals surface area contributed by atoms with Gasteiger partial charge in [-0.1, -0.05) is 25.1 Å². The molecule has 0 unspecified atom stereocenters. The lowest BCUT2D eigenvalue weighted by Gasteiger charge is -1.98. The van der Waals surface area contributed by atoms with Gasteiger partial charge in [-0.05, 0) is 18.1 Å². The van der Waals surface area contributed by atoms with Crippen molar-refractivity contribution < 1.29 is 8.42 Å². The monoisotopic (exact) mass is 187 g/mol. The van der Waals surface area contributed by atoms with Gasteiger partial charge in [-0.25, -0.2) is 8.42 Å². The van der Waals surface area contributed by atoms with Crippen molar-refractivity contribution in [2.75, 3.05) is 5.73 Å². The van der Waals surface area contributed by atoms with E-state index in [1.54, 1.807) is 0 Å². The van der Waals surface area contributed by atoms with Crippen molar-refractivity contribution >= 4 is 17.3 Å². The largest absolute Gasteiger partial charge is 0.399 e. The summed E-state index contributed by atoms with van der Waals surface area (Å²) in [5, 5.41) is 0. The molecule has 0 heterocycles. The maximum absolute atomic E-state index is 8.40. The molecule has 0 amide bonds. The summed E-state index contributed by atoms with van der Waals surface area (Å²) in [4.78, 5) is 0. The van der Waals surface area contributed by atoms with Gasteiger partial charge in [0.1, 0.15) is 11.6 Å². The van der Waals surface area contributed by atoms with Crippen LogP contribution in [-0.4, -0.2) is 8.42 Å². The van der Waals surface area contributed by atoms with Crippen molar-refractivity contribution in [3.63, 3.8) is 0 Å². The molecule has 3 nitrogen and oxygen atoms in total. The Morgan fingerprint density at radius 1 is 1.33 bits per heavy atom. The Morgan fingerprint density at radius 2 is 1.83 bits per heavy atom. The normalized spacial score (nSPS) is 8.42. The van der Waals surface area contributed by atoms with E-state index in [1.807, 2.05) is 18.2 Å². The molecular weight excluding hydrogens is 174 g/mol. The Kier molecular flexibility index (Phi) is 6.09. The number of aryl methyl sites for hydroxylation is 1. The van der Waals surface area contributed by atoms with Crippen LogP contribution in [-0.2, 0) is 18.0 Å². The standard InChI is InChI=1S/C8H11N.H2O2S/c1-2-7-5-3-4-6-8(7)9;1-3-2/h3-6H,2,9H2,1H3;3H2. The van der Waals surface area contributed by atoms with Crippen LogP contribution in [0.1, 0.15) is 12.5 Å². The Labute approximate surface area is 75.2 Å². The summed E-state index contributed by atoms with van der Waals surface area (Å²) in [5.74, 6) is 0. The zero-order valence-corrected chi connectivity index (χ0v) is 7.91. The first-order chi connectivity index (χ1) is 5.76. The van der Waals surface area contributed by atoms with Crippen LogP contribution in [0.15, 0.2) is 24.3 Å². The van der Waals surface area contributed by atoms with E-state index in [9.17, 15) is 0 Å². The molecule has 12 heavy (non-hydrogen) atoms. The minimum Gasteiger partial charge on any atom is -0.399 e. The fourth-order valence-corrected chi connectivity index (χ4v) is 0.856. The molecule has 4 heteroatoms. The van der Waals surface area contributed by atoms with Crippen LogP contribution in [0.2, 0.25) is 0 Å². The van der Waals surface area contributed by atoms with Gasteiger partial charge in [0, 0.05) is 5.69 Å². The maximum atomic E-state index is 8.40. The second-order valence-electron chi connectivity index (χ2n) is 2.14. The van der Waals surface area contributed by atoms with Crippen LogP contribution < -0.4 is 5.73 Å². The first-order valence-corrected chi connectivity index (χ1v) is 4.40. The molecule has 0 bridgehead atoms. The van der Waals surface area contributed by atoms with Crippen molar-refractivity contribution in [2.45, 2.75) is 13.3 Å². The highest BCUT2D eigenvalue weighted by atomic mass is 32.1. The second-order valence-corrected chi connectivity index (χ2v) is 2.30. The van der Waals surface area contributed by atoms with E-state index in [0.717, 1.165) is 12.1 Å². The van der Waals surface area contributed by atoms with Crippen molar-refractivity contribution in [1.29, 1.82) is 0 Å². The number of anilines is 1. The molecule has 0 spiro atoms. The van der Waals surface area contributed by atoms with E-state index in [0.29, 0.717) is 0 Å². The fourth-order valence-electron chi connectivity index (χ4n) is 0.856. The number of hydrogen-bond donors (Lipinski definition) is 1. The summed E-state index contributed by atoms with van der Waals surface area (Å²) in [6.07, 6.45) is 1.02. The Morgan fingerprint density at radius 3 is 2.17 bits per heavy atom. The first-order valence-electron chi connectivity index (χ1n) is 3.58. The highest BCUT2D eigenvalue weighted by Gasteiger charge is 1.90. The van der Waals surface area contributed by atoms with Gasteiger partial charge in [0.2, 0.25) is 0 Å². The fraction of sp³-hybridized carbons (Fsp3) is 0.250. The van der Waals surface area contributed by atoms with Crippen molar-refractivity contribution in [2.24, 2.45) is 0 Å². The quantitative estimate of drug-likeness (QED) is 0.656. The highest BCUT2D eigenvalue weighted by molar-refractivity contribution is 7.51. The van der Waals surface area contributed by atoms with Gasteiger partial charge in [-0.15, -0.1) is 0 Å². The van der Waals surface area contributed by atoms with Gasteiger partial charge in [-0.3, -0.25) is 0 Å². The molecule has 1 aromatic carbocycles. The number of benzene rings is 1. The third-order valence-electron chi connectivity index (χ3n) is 1.44. The van der Waals surface area contributed by atoms with Gasteiger partial charge >= 0.3 is 0 Å². The van der Waals surface area contributed by atoms with E-state index in [-0.39, 0.29) is 0 Å². The second kappa shape index (κ2) is 6.67. The molecule has 0 saturated carbocycles. The summed E-state index contributed by atoms with van der Waals surface area (Å²) in [5.41, 5.74) is 7.77. The van der Waals surface area contributed by atoms with Gasteiger partial charge in [0.15, 0.2) is 0 Å². The van der Waals surface area contributed by atoms with Crippen molar-refractivity contribution in [3.05, 3.63) is 29.8 Å². The van der Waals surface area contributed by atoms with E-state index >= 15 is 0 Å². The summed E-state index contributed by atoms with van der Waals surface area (Å²) in [6, 6.07) is 7.94. The third kappa shape index (κ3) is 3.98. The molecule has 0 aromatic heterocycles. The van der Waals surface area contributed by atoms with E-state index < -0.39 is 11.6 Å². The number of rotatable bonds is 1. The molecule has 0 aliphatic carbocycles. The molecule has 0 atom stereocenters. The third-order valence-corrected chi connectivity index (χ3v) is 1.44. The van der Waals surface area contributed by atoms with E-state index in [2.05, 4.69) is 13.0 Å². The van der Waals surface area contributed by atoms with Crippen LogP contribution in [0, 0.1) is 0 Å². The number of nitrogens with two attached hydrogens (primary N) is 1. The SMILES string of the molecule is CCc1ccccc1N.O=[SH2]=O. The lowest BCUT2D eigenvalue weighted by Crippen LogP contribution is -1.90. The van der Waals surface area contributed by atoms with Gasteiger partial charge in [-0.2, -0.15) is 0 Å². The van der Waals surface area contributed by atoms with Crippen LogP contribution in [0.25, 0.3) is 0 Å². The van der Waals surface area contributed by atoms with Crippen LogP contribution in [0.5, 0.6) is 0 Å². The average molecular weight is 187 g/mol. The van der Waals surface area contributed by atoms with Gasteiger partial charge < -0.3 is 5.73 Å². The van der Waals surface area contributed by atoms with Gasteiger partial charge in [0.25, 0.3) is 0 Å². The van der Waals surface area contributed by atoms with Crippen LogP contribution in [0.3, 0.4) is 0 Å². The lowest BCUT2D eigenvalue weighted by atomic mass is 10.1. The molecule has 0 aliphatic rings. The van der Waals surface area contributed by atoms with E-state index in [1.165, 1.54) is 5.56 Å². The van der Waals surface area contributed by atoms with E-state index in [4.69, 9.17) is 14.2 Å². The molecule has 0 saturated heterocycles. The molecular formula is C8H13NO2S. The molecule has 2 N–H and O–H groups in total. The van der Waals surface area contributed by atoms with Crippen LogP contribution in [0.4, 0.5) is 5.69 Å². The topological polar surface area (TPSA) is 60.2 Å². The Hall–Kier alpha value is -1.03. The average Bonchev–Trinajstić information content (AvgIpc) is 2.07. The van der Waals surface area contributed by atoms with Gasteiger partial charge in [0.05, 0.1) is 0 Å². The first kappa shape index (κ1) is 11.0. The minimum absolute atomic E-state index is 0.903. The zero-order valence-electron chi connectivity index (χ0n) is 6.91. The number of para-hydroxylation sites is 1. The van der Waals surface area contributed by atoms with Crippen molar-refractivity contribution in [3.8, 4) is 0 Å². The zero-order chi connectivity index (χ0) is 9.40.